The molecular weight excluding hydrogens is 426 g/mol. The van der Waals surface area contributed by atoms with Gasteiger partial charge in [-0.15, -0.1) is 0 Å². The summed E-state index contributed by atoms with van der Waals surface area (Å²) < 4.78 is 64.4. The summed E-state index contributed by atoms with van der Waals surface area (Å²) >= 11 is 12.3. The molecule has 3 rings (SSSR count). The zero-order valence-electron chi connectivity index (χ0n) is 13.2. The number of halogens is 5. The van der Waals surface area contributed by atoms with Crippen LogP contribution in [0.1, 0.15) is 5.69 Å². The van der Waals surface area contributed by atoms with Gasteiger partial charge in [0.2, 0.25) is 10.0 Å². The van der Waals surface area contributed by atoms with Crippen molar-refractivity contribution in [2.75, 3.05) is 0 Å². The van der Waals surface area contributed by atoms with Gasteiger partial charge in [-0.2, -0.15) is 18.3 Å². The summed E-state index contributed by atoms with van der Waals surface area (Å²) in [6, 6.07) is 10.4. The van der Waals surface area contributed by atoms with Crippen LogP contribution in [-0.4, -0.2) is 18.2 Å². The van der Waals surface area contributed by atoms with Crippen LogP contribution >= 0.6 is 23.2 Å². The van der Waals surface area contributed by atoms with Crippen LogP contribution in [0, 0.1) is 0 Å². The molecule has 0 saturated carbocycles. The lowest BCUT2D eigenvalue weighted by molar-refractivity contribution is -0.141. The molecule has 0 bridgehead atoms. The van der Waals surface area contributed by atoms with Crippen molar-refractivity contribution >= 4 is 33.2 Å². The number of alkyl halides is 3. The first kappa shape index (κ1) is 19.7. The lowest BCUT2D eigenvalue weighted by Crippen LogP contribution is -2.16. The van der Waals surface area contributed by atoms with E-state index in [-0.39, 0.29) is 27.0 Å². The third-order valence-corrected chi connectivity index (χ3v) is 5.21. The van der Waals surface area contributed by atoms with Gasteiger partial charge in [0.05, 0.1) is 21.4 Å². The quantitative estimate of drug-likeness (QED) is 0.656. The van der Waals surface area contributed by atoms with Crippen LogP contribution in [0.25, 0.3) is 16.9 Å². The first-order valence-electron chi connectivity index (χ1n) is 7.24. The molecule has 0 radical (unpaired) electrons. The van der Waals surface area contributed by atoms with Gasteiger partial charge in [-0.05, 0) is 30.3 Å². The second kappa shape index (κ2) is 6.83. The fraction of sp³-hybridized carbons (Fsp3) is 0.0625. The molecule has 0 unspecified atom stereocenters. The molecule has 2 N–H and O–H groups in total. The molecule has 0 amide bonds. The van der Waals surface area contributed by atoms with E-state index in [4.69, 9.17) is 28.3 Å². The number of sulfonamides is 1. The summed E-state index contributed by atoms with van der Waals surface area (Å²) in [5.41, 5.74) is -1.46. The van der Waals surface area contributed by atoms with E-state index in [1.807, 2.05) is 0 Å². The van der Waals surface area contributed by atoms with Crippen LogP contribution in [0.5, 0.6) is 0 Å². The lowest BCUT2D eigenvalue weighted by atomic mass is 10.1. The van der Waals surface area contributed by atoms with Gasteiger partial charge < -0.3 is 0 Å². The number of nitrogens with zero attached hydrogens (tertiary/aromatic N) is 2. The molecule has 0 fully saturated rings. The Hall–Kier alpha value is -2.07. The highest BCUT2D eigenvalue weighted by atomic mass is 35.5. The van der Waals surface area contributed by atoms with Crippen molar-refractivity contribution in [2.24, 2.45) is 5.14 Å². The summed E-state index contributed by atoms with van der Waals surface area (Å²) in [6.07, 6.45) is -4.77. The van der Waals surface area contributed by atoms with Crippen LogP contribution in [-0.2, 0) is 16.2 Å². The molecular formula is C16H10Cl2F3N3O2S. The van der Waals surface area contributed by atoms with Gasteiger partial charge >= 0.3 is 6.18 Å². The fourth-order valence-electron chi connectivity index (χ4n) is 2.50. The maximum atomic E-state index is 13.3. The van der Waals surface area contributed by atoms with Crippen LogP contribution < -0.4 is 5.14 Å². The standard InChI is InChI=1S/C16H10Cl2F3N3O2S/c17-9-4-3-5-10(18)15(9)12-8-14(16(19,20)21)23-24(12)11-6-1-2-7-13(11)27(22,25)26/h1-8H,(H2,22,25,26). The highest BCUT2D eigenvalue weighted by Gasteiger charge is 2.36. The average Bonchev–Trinajstić information content (AvgIpc) is 2.99. The third-order valence-electron chi connectivity index (χ3n) is 3.62. The summed E-state index contributed by atoms with van der Waals surface area (Å²) in [4.78, 5) is -0.397. The van der Waals surface area contributed by atoms with Crippen LogP contribution in [0.15, 0.2) is 53.4 Å². The van der Waals surface area contributed by atoms with E-state index in [2.05, 4.69) is 5.10 Å². The molecule has 0 aliphatic rings. The molecule has 1 aromatic heterocycles. The smallest absolute Gasteiger partial charge is 0.231 e. The summed E-state index contributed by atoms with van der Waals surface area (Å²) in [7, 11) is -4.24. The number of para-hydroxylation sites is 1. The van der Waals surface area contributed by atoms with Crippen molar-refractivity contribution in [3.05, 3.63) is 64.3 Å². The molecule has 3 aromatic rings. The molecule has 11 heteroatoms. The monoisotopic (exact) mass is 435 g/mol. The second-order valence-corrected chi connectivity index (χ2v) is 7.78. The number of hydrogen-bond acceptors (Lipinski definition) is 3. The molecule has 5 nitrogen and oxygen atoms in total. The molecule has 0 spiro atoms. The Kier molecular flexibility index (Phi) is 4.98. The van der Waals surface area contributed by atoms with E-state index in [9.17, 15) is 21.6 Å². The molecule has 0 aliphatic heterocycles. The van der Waals surface area contributed by atoms with E-state index in [1.165, 1.54) is 36.4 Å². The predicted molar refractivity (Wildman–Crippen MR) is 95.4 cm³/mol. The van der Waals surface area contributed by atoms with E-state index in [1.54, 1.807) is 0 Å². The van der Waals surface area contributed by atoms with Gasteiger partial charge in [0.1, 0.15) is 4.90 Å². The number of hydrogen-bond donors (Lipinski definition) is 1. The topological polar surface area (TPSA) is 78.0 Å². The Labute approximate surface area is 162 Å². The van der Waals surface area contributed by atoms with Crippen molar-refractivity contribution in [1.82, 2.24) is 9.78 Å². The van der Waals surface area contributed by atoms with Crippen LogP contribution in [0.4, 0.5) is 13.2 Å². The highest BCUT2D eigenvalue weighted by Crippen LogP contribution is 2.39. The van der Waals surface area contributed by atoms with E-state index >= 15 is 0 Å². The van der Waals surface area contributed by atoms with E-state index in [0.29, 0.717) is 0 Å². The average molecular weight is 436 g/mol. The minimum absolute atomic E-state index is 0.0745. The molecule has 0 aliphatic carbocycles. The molecule has 2 aromatic carbocycles. The number of benzene rings is 2. The first-order valence-corrected chi connectivity index (χ1v) is 9.54. The highest BCUT2D eigenvalue weighted by molar-refractivity contribution is 7.89. The van der Waals surface area contributed by atoms with Crippen LogP contribution in [0.3, 0.4) is 0 Å². The van der Waals surface area contributed by atoms with Crippen molar-refractivity contribution in [3.8, 4) is 16.9 Å². The summed E-state index contributed by atoms with van der Waals surface area (Å²) in [5.74, 6) is 0. The Morgan fingerprint density at radius 2 is 1.59 bits per heavy atom. The Morgan fingerprint density at radius 1 is 1.00 bits per heavy atom. The second-order valence-electron chi connectivity index (χ2n) is 5.43. The molecule has 142 valence electrons. The van der Waals surface area contributed by atoms with Crippen LogP contribution in [0.2, 0.25) is 10.0 Å². The van der Waals surface area contributed by atoms with Gasteiger partial charge in [0, 0.05) is 5.56 Å². The predicted octanol–water partition coefficient (Wildman–Crippen LogP) is 4.51. The van der Waals surface area contributed by atoms with Crippen molar-refractivity contribution < 1.29 is 21.6 Å². The van der Waals surface area contributed by atoms with Gasteiger partial charge in [-0.25, -0.2) is 18.2 Å². The zero-order chi connectivity index (χ0) is 20.0. The third kappa shape index (κ3) is 3.81. The lowest BCUT2D eigenvalue weighted by Gasteiger charge is -2.13. The molecule has 1 heterocycles. The maximum Gasteiger partial charge on any atom is 0.435 e. The first-order chi connectivity index (χ1) is 12.5. The van der Waals surface area contributed by atoms with Gasteiger partial charge in [-0.1, -0.05) is 41.4 Å². The molecule has 0 atom stereocenters. The fourth-order valence-corrected chi connectivity index (χ4v) is 3.80. The number of rotatable bonds is 3. The SMILES string of the molecule is NS(=O)(=O)c1ccccc1-n1nc(C(F)(F)F)cc1-c1c(Cl)cccc1Cl. The number of primary sulfonamides is 1. The molecule has 27 heavy (non-hydrogen) atoms. The summed E-state index contributed by atoms with van der Waals surface area (Å²) in [5, 5.41) is 8.88. The zero-order valence-corrected chi connectivity index (χ0v) is 15.5. The number of nitrogens with two attached hydrogens (primary N) is 1. The normalized spacial score (nSPS) is 12.4. The van der Waals surface area contributed by atoms with E-state index in [0.717, 1.165) is 16.8 Å². The Morgan fingerprint density at radius 3 is 2.15 bits per heavy atom. The molecule has 0 saturated heterocycles. The summed E-state index contributed by atoms with van der Waals surface area (Å²) in [6.45, 7) is 0. The van der Waals surface area contributed by atoms with Gasteiger partial charge in [0.15, 0.2) is 5.69 Å². The number of aromatic nitrogens is 2. The Balaban J connectivity index is 2.40. The largest absolute Gasteiger partial charge is 0.435 e. The van der Waals surface area contributed by atoms with Crippen molar-refractivity contribution in [1.29, 1.82) is 0 Å². The van der Waals surface area contributed by atoms with Gasteiger partial charge in [0.25, 0.3) is 0 Å². The minimum Gasteiger partial charge on any atom is -0.231 e. The minimum atomic E-state index is -4.77. The van der Waals surface area contributed by atoms with Crippen molar-refractivity contribution in [2.45, 2.75) is 11.1 Å². The van der Waals surface area contributed by atoms with E-state index < -0.39 is 26.8 Å². The van der Waals surface area contributed by atoms with Crippen molar-refractivity contribution in [3.63, 3.8) is 0 Å². The Bertz CT molecular complexity index is 1110. The maximum absolute atomic E-state index is 13.3. The van der Waals surface area contributed by atoms with Gasteiger partial charge in [-0.3, -0.25) is 0 Å².